The van der Waals surface area contributed by atoms with Crippen LogP contribution in [-0.4, -0.2) is 29.6 Å². The molecule has 5 aromatic carbocycles. The lowest BCUT2D eigenvalue weighted by Crippen LogP contribution is -2.75. The van der Waals surface area contributed by atoms with Crippen molar-refractivity contribution in [3.05, 3.63) is 145 Å². The fourth-order valence-corrected chi connectivity index (χ4v) is 10.2. The summed E-state index contributed by atoms with van der Waals surface area (Å²) in [5.41, 5.74) is -2.46. The smallest absolute Gasteiger partial charge is 0.234 e. The van der Waals surface area contributed by atoms with Crippen molar-refractivity contribution in [1.82, 2.24) is 0 Å². The average molecular weight is 1100 g/mol. The lowest BCUT2D eigenvalue weighted by molar-refractivity contribution is -0.443. The normalized spacial score (nSPS) is 13.8. The van der Waals surface area contributed by atoms with E-state index >= 15 is 52.7 Å². The van der Waals surface area contributed by atoms with E-state index < -0.39 is 140 Å². The predicted octanol–water partition coefficient (Wildman–Crippen LogP) is 15.7. The van der Waals surface area contributed by atoms with Crippen LogP contribution in [0.15, 0.2) is 24.3 Å². The van der Waals surface area contributed by atoms with Crippen molar-refractivity contribution >= 4 is 40.2 Å². The maximum absolute atomic E-state index is 16.9. The Balaban J connectivity index is 0.00000204. The van der Waals surface area contributed by atoms with E-state index in [1.54, 1.807) is 44.4 Å². The molecule has 0 spiro atoms. The second-order valence-corrected chi connectivity index (χ2v) is 20.9. The lowest BCUT2D eigenvalue weighted by atomic mass is 9.13. The highest BCUT2D eigenvalue weighted by Gasteiger charge is 2.51. The summed E-state index contributed by atoms with van der Waals surface area (Å²) in [5, 5.41) is 14.6. The minimum Gasteiger partial charge on any atom is -0.234 e. The summed E-state index contributed by atoms with van der Waals surface area (Å²) in [6, 6.07) is 9.30. The summed E-state index contributed by atoms with van der Waals surface area (Å²) in [5.74, 6) is -46.4. The summed E-state index contributed by atoms with van der Waals surface area (Å²) in [6.07, 6.45) is -6.67. The Hall–Kier alpha value is -6.44. The van der Waals surface area contributed by atoms with Gasteiger partial charge in [-0.3, -0.25) is 0 Å². The summed E-state index contributed by atoms with van der Waals surface area (Å²) < 4.78 is 242. The van der Waals surface area contributed by atoms with Crippen molar-refractivity contribution < 1.29 is 70.4 Å². The number of rotatable bonds is 13. The zero-order chi connectivity index (χ0) is 58.8. The molecule has 1 aliphatic heterocycles. The standard InChI is InChI=1S/C53H54BF15N2.2C2H3N/c1-21(2)27-15-30(23(5)6)52(31(16-27)24(7)8)70-14-13-29(71(20-70)53-32(25(9)10)17-28(22(3)4)18-33(53)26(11)12)19-54(34-37(55)43(61)49(67)44(62)38(34)56,35-39(57)45(63)50(68)46(64)40(35)58)36-41(59)47(65)51(69)48(66)42(36)60;2*1-2-3/h15-18,20-26,29H,13-14,19H2,1-12H3;2*1H3/t29-;;/m1../s1. The molecule has 1 aliphatic rings. The van der Waals surface area contributed by atoms with Crippen molar-refractivity contribution in [2.75, 3.05) is 11.4 Å². The van der Waals surface area contributed by atoms with Crippen molar-refractivity contribution in [3.63, 3.8) is 0 Å². The number of hydrogen-bond donors (Lipinski definition) is 0. The summed E-state index contributed by atoms with van der Waals surface area (Å²) in [6.45, 7) is 25.3. The zero-order valence-electron chi connectivity index (χ0n) is 45.1. The number of halogens is 15. The molecule has 0 radical (unpaired) electrons. The molecule has 0 bridgehead atoms. The fourth-order valence-electron chi connectivity index (χ4n) is 10.2. The van der Waals surface area contributed by atoms with E-state index in [1.807, 2.05) is 79.7 Å². The molecule has 0 saturated heterocycles. The van der Waals surface area contributed by atoms with E-state index in [2.05, 4.69) is 0 Å². The molecule has 1 atom stereocenters. The maximum Gasteiger partial charge on any atom is 0.244 e. The second-order valence-electron chi connectivity index (χ2n) is 20.9. The molecule has 20 heteroatoms. The molecule has 0 aromatic heterocycles. The van der Waals surface area contributed by atoms with Gasteiger partial charge in [-0.05, 0) is 46.6 Å². The largest absolute Gasteiger partial charge is 0.244 e. The van der Waals surface area contributed by atoms with Crippen LogP contribution in [0, 0.1) is 110 Å². The molecule has 0 saturated carbocycles. The van der Waals surface area contributed by atoms with Gasteiger partial charge < -0.3 is 0 Å². The van der Waals surface area contributed by atoms with Gasteiger partial charge in [0.05, 0.1) is 24.7 Å². The molecule has 1 heterocycles. The first-order valence-corrected chi connectivity index (χ1v) is 24.9. The third-order valence-electron chi connectivity index (χ3n) is 13.9. The van der Waals surface area contributed by atoms with Crippen LogP contribution in [0.2, 0.25) is 6.32 Å². The van der Waals surface area contributed by atoms with Crippen molar-refractivity contribution in [2.45, 2.75) is 151 Å². The van der Waals surface area contributed by atoms with Crippen LogP contribution >= 0.6 is 0 Å². The maximum atomic E-state index is 16.9. The number of nitriles is 2. The minimum atomic E-state index is -5.85. The van der Waals surface area contributed by atoms with Crippen LogP contribution in [0.3, 0.4) is 0 Å². The first-order valence-electron chi connectivity index (χ1n) is 24.9. The molecule has 4 nitrogen and oxygen atoms in total. The molecule has 0 unspecified atom stereocenters. The monoisotopic (exact) mass is 1100 g/mol. The third kappa shape index (κ3) is 11.6. The lowest BCUT2D eigenvalue weighted by Gasteiger charge is -2.47. The average Bonchev–Trinajstić information content (AvgIpc) is 3.37. The molecular formula is C57H60BF15N4. The molecule has 416 valence electrons. The van der Waals surface area contributed by atoms with Gasteiger partial charge in [0, 0.05) is 42.5 Å². The van der Waals surface area contributed by atoms with Gasteiger partial charge in [0.15, 0.2) is 52.4 Å². The van der Waals surface area contributed by atoms with Gasteiger partial charge in [0.1, 0.15) is 52.4 Å². The van der Waals surface area contributed by atoms with Gasteiger partial charge in [-0.2, -0.15) is 10.5 Å². The van der Waals surface area contributed by atoms with E-state index in [9.17, 15) is 13.2 Å². The molecular weight excluding hydrogens is 1040 g/mol. The van der Waals surface area contributed by atoms with Crippen molar-refractivity contribution in [1.29, 1.82) is 10.5 Å². The summed E-state index contributed by atoms with van der Waals surface area (Å²) >= 11 is 0. The predicted molar refractivity (Wildman–Crippen MR) is 270 cm³/mol. The summed E-state index contributed by atoms with van der Waals surface area (Å²) in [7, 11) is 0. The number of benzene rings is 5. The van der Waals surface area contributed by atoms with Gasteiger partial charge in [-0.1, -0.05) is 107 Å². The highest BCUT2D eigenvalue weighted by atomic mass is 19.2. The second kappa shape index (κ2) is 24.9. The molecule has 77 heavy (non-hydrogen) atoms. The Bertz CT molecular complexity index is 2840. The van der Waals surface area contributed by atoms with Gasteiger partial charge >= 0.3 is 0 Å². The first-order chi connectivity index (χ1) is 35.8. The topological polar surface area (TPSA) is 53.8 Å². The summed E-state index contributed by atoms with van der Waals surface area (Å²) in [4.78, 5) is 1.38. The Morgan fingerprint density at radius 3 is 0.935 bits per heavy atom. The Morgan fingerprint density at radius 1 is 0.442 bits per heavy atom. The van der Waals surface area contributed by atoms with Gasteiger partial charge in [0.25, 0.3) is 0 Å². The zero-order valence-corrected chi connectivity index (χ0v) is 45.1. The van der Waals surface area contributed by atoms with Gasteiger partial charge in [-0.15, -0.1) is 22.7 Å². The van der Waals surface area contributed by atoms with E-state index in [0.29, 0.717) is 16.8 Å². The fraction of sp³-hybridized carbons (Fsp3) is 0.421. The van der Waals surface area contributed by atoms with Gasteiger partial charge in [0.2, 0.25) is 6.34 Å². The highest BCUT2D eigenvalue weighted by molar-refractivity contribution is 7.11. The van der Waals surface area contributed by atoms with Crippen molar-refractivity contribution in [3.8, 4) is 12.1 Å². The van der Waals surface area contributed by atoms with Crippen LogP contribution in [0.25, 0.3) is 0 Å². The molecule has 0 fully saturated rings. The van der Waals surface area contributed by atoms with Crippen molar-refractivity contribution in [2.24, 2.45) is 0 Å². The molecule has 6 rings (SSSR count). The molecule has 0 aliphatic carbocycles. The third-order valence-corrected chi connectivity index (χ3v) is 13.9. The molecule has 5 aromatic rings. The Labute approximate surface area is 439 Å². The van der Waals surface area contributed by atoms with Crippen LogP contribution in [0.5, 0.6) is 0 Å². The van der Waals surface area contributed by atoms with Gasteiger partial charge in [-0.25, -0.2) is 75.3 Å². The van der Waals surface area contributed by atoms with Crippen LogP contribution < -0.4 is 21.3 Å². The van der Waals surface area contributed by atoms with Crippen LogP contribution in [0.1, 0.15) is 172 Å². The Kier molecular flexibility index (Phi) is 20.4. The number of nitrogens with zero attached hydrogens (tertiary/aromatic N) is 4. The SMILES string of the molecule is CC#N.CC#N.CC(C)c1cc(C(C)C)c(N2C=[N+](c3c(C(C)C)cc(C(C)C)cc3C(C)C)CC[C@@H]2C[B-](c2c(F)c(F)c(F)c(F)c2F)(c2c(F)c(F)c(F)c(F)c2F)c2c(F)c(F)c(F)c(F)c2F)c(C(C)C)c1. The number of anilines is 1. The van der Waals surface area contributed by atoms with Crippen LogP contribution in [-0.2, 0) is 0 Å². The number of hydrogen-bond acceptors (Lipinski definition) is 3. The van der Waals surface area contributed by atoms with Crippen LogP contribution in [0.4, 0.5) is 77.2 Å². The van der Waals surface area contributed by atoms with E-state index in [0.717, 1.165) is 22.3 Å². The molecule has 0 N–H and O–H groups in total. The first kappa shape index (κ1) is 63.1. The quantitative estimate of drug-likeness (QED) is 0.0388. The Morgan fingerprint density at radius 2 is 0.688 bits per heavy atom. The highest BCUT2D eigenvalue weighted by Crippen LogP contribution is 2.44. The van der Waals surface area contributed by atoms with E-state index in [1.165, 1.54) is 25.1 Å². The van der Waals surface area contributed by atoms with E-state index in [4.69, 9.17) is 10.5 Å². The minimum absolute atomic E-state index is 0.0491. The molecule has 0 amide bonds. The van der Waals surface area contributed by atoms with E-state index in [-0.39, 0.29) is 35.9 Å².